The molecule has 0 amide bonds. The molecule has 0 radical (unpaired) electrons. The summed E-state index contributed by atoms with van der Waals surface area (Å²) in [7, 11) is 0. The first kappa shape index (κ1) is 30.3. The van der Waals surface area contributed by atoms with Gasteiger partial charge < -0.3 is 0 Å². The minimum Gasteiger partial charge on any atom is -0.236 e. The van der Waals surface area contributed by atoms with E-state index in [0.29, 0.717) is 5.92 Å². The van der Waals surface area contributed by atoms with E-state index in [4.69, 9.17) is 9.97 Å². The van der Waals surface area contributed by atoms with Crippen molar-refractivity contribution in [3.8, 4) is 11.4 Å². The molecule has 0 atom stereocenters. The first-order valence-corrected chi connectivity index (χ1v) is 17.2. The summed E-state index contributed by atoms with van der Waals surface area (Å²) >= 11 is 0. The van der Waals surface area contributed by atoms with E-state index in [1.165, 1.54) is 146 Å². The van der Waals surface area contributed by atoms with Crippen molar-refractivity contribution in [2.45, 2.75) is 161 Å². The van der Waals surface area contributed by atoms with Crippen molar-refractivity contribution in [2.24, 2.45) is 11.8 Å². The lowest BCUT2D eigenvalue weighted by Crippen LogP contribution is -2.14. The second kappa shape index (κ2) is 17.2. The predicted octanol–water partition coefficient (Wildman–Crippen LogP) is 11.8. The van der Waals surface area contributed by atoms with E-state index in [1.54, 1.807) is 0 Å². The topological polar surface area (TPSA) is 25.8 Å². The average Bonchev–Trinajstić information content (AvgIpc) is 3.00. The summed E-state index contributed by atoms with van der Waals surface area (Å²) in [6, 6.07) is 9.22. The molecule has 0 saturated heterocycles. The Kier molecular flexibility index (Phi) is 13.3. The van der Waals surface area contributed by atoms with Crippen LogP contribution in [0, 0.1) is 11.8 Å². The molecule has 2 fully saturated rings. The zero-order chi connectivity index (χ0) is 27.1. The Morgan fingerprint density at radius 3 is 1.49 bits per heavy atom. The molecule has 0 aliphatic heterocycles. The highest BCUT2D eigenvalue weighted by molar-refractivity contribution is 5.55. The van der Waals surface area contributed by atoms with Crippen LogP contribution in [-0.2, 0) is 0 Å². The molecule has 2 aliphatic carbocycles. The fourth-order valence-electron chi connectivity index (χ4n) is 7.42. The monoisotopic (exact) mass is 530 g/mol. The summed E-state index contributed by atoms with van der Waals surface area (Å²) in [5.74, 6) is 4.22. The molecule has 0 N–H and O–H groups in total. The Bertz CT molecular complexity index is 886. The molecule has 1 aromatic carbocycles. The van der Waals surface area contributed by atoms with Crippen molar-refractivity contribution >= 4 is 0 Å². The van der Waals surface area contributed by atoms with Gasteiger partial charge in [0.2, 0.25) is 0 Å². The molecular formula is C37H58N2. The molecule has 0 bridgehead atoms. The van der Waals surface area contributed by atoms with Gasteiger partial charge in [-0.05, 0) is 86.2 Å². The van der Waals surface area contributed by atoms with Crippen molar-refractivity contribution in [1.82, 2.24) is 9.97 Å². The lowest BCUT2D eigenvalue weighted by atomic mass is 9.77. The summed E-state index contributed by atoms with van der Waals surface area (Å²) in [4.78, 5) is 9.63. The first-order valence-electron chi connectivity index (χ1n) is 17.2. The van der Waals surface area contributed by atoms with Crippen LogP contribution in [0.4, 0.5) is 0 Å². The number of rotatable bonds is 16. The number of nitrogens with zero attached hydrogens (tertiary/aromatic N) is 2. The van der Waals surface area contributed by atoms with Crippen LogP contribution in [0.15, 0.2) is 36.7 Å². The highest BCUT2D eigenvalue weighted by Crippen LogP contribution is 2.39. The van der Waals surface area contributed by atoms with E-state index in [1.807, 2.05) is 0 Å². The second-order valence-corrected chi connectivity index (χ2v) is 13.2. The van der Waals surface area contributed by atoms with E-state index < -0.39 is 0 Å². The zero-order valence-electron chi connectivity index (χ0n) is 25.5. The SMILES string of the molecule is CCCCCCCCCCC1CCC(c2cnc(-c3ccc(C4CCC(CCCCC)CC4)cc3)nc2)CC1. The zero-order valence-corrected chi connectivity index (χ0v) is 25.5. The number of aromatic nitrogens is 2. The van der Waals surface area contributed by atoms with Gasteiger partial charge in [0.25, 0.3) is 0 Å². The summed E-state index contributed by atoms with van der Waals surface area (Å²) in [6.45, 7) is 4.61. The molecule has 2 aliphatic rings. The molecular weight excluding hydrogens is 472 g/mol. The van der Waals surface area contributed by atoms with Crippen LogP contribution in [0.3, 0.4) is 0 Å². The summed E-state index contributed by atoms with van der Waals surface area (Å²) in [6.07, 6.45) is 33.8. The molecule has 216 valence electrons. The maximum atomic E-state index is 4.82. The number of benzene rings is 1. The third kappa shape index (κ3) is 10.0. The van der Waals surface area contributed by atoms with E-state index in [-0.39, 0.29) is 0 Å². The molecule has 1 aromatic heterocycles. The van der Waals surface area contributed by atoms with Crippen LogP contribution in [0.1, 0.15) is 172 Å². The van der Waals surface area contributed by atoms with Gasteiger partial charge in [0, 0.05) is 18.0 Å². The molecule has 2 nitrogen and oxygen atoms in total. The largest absolute Gasteiger partial charge is 0.236 e. The Morgan fingerprint density at radius 2 is 0.949 bits per heavy atom. The summed E-state index contributed by atoms with van der Waals surface area (Å²) in [5.41, 5.74) is 4.04. The minimum atomic E-state index is 0.661. The van der Waals surface area contributed by atoms with Crippen molar-refractivity contribution in [2.75, 3.05) is 0 Å². The molecule has 0 unspecified atom stereocenters. The van der Waals surface area contributed by atoms with Gasteiger partial charge in [0.1, 0.15) is 0 Å². The van der Waals surface area contributed by atoms with E-state index in [2.05, 4.69) is 50.5 Å². The van der Waals surface area contributed by atoms with Gasteiger partial charge >= 0.3 is 0 Å². The Hall–Kier alpha value is -1.70. The summed E-state index contributed by atoms with van der Waals surface area (Å²) < 4.78 is 0. The van der Waals surface area contributed by atoms with Crippen LogP contribution in [-0.4, -0.2) is 9.97 Å². The van der Waals surface area contributed by atoms with Crippen LogP contribution in [0.25, 0.3) is 11.4 Å². The molecule has 2 saturated carbocycles. The lowest BCUT2D eigenvalue weighted by molar-refractivity contribution is 0.301. The van der Waals surface area contributed by atoms with Gasteiger partial charge in [0.05, 0.1) is 0 Å². The van der Waals surface area contributed by atoms with Crippen LogP contribution < -0.4 is 0 Å². The Balaban J connectivity index is 1.15. The molecule has 39 heavy (non-hydrogen) atoms. The van der Waals surface area contributed by atoms with Gasteiger partial charge in [0.15, 0.2) is 5.82 Å². The van der Waals surface area contributed by atoms with Crippen molar-refractivity contribution in [3.63, 3.8) is 0 Å². The quantitative estimate of drug-likeness (QED) is 0.202. The lowest BCUT2D eigenvalue weighted by Gasteiger charge is -2.29. The first-order chi connectivity index (χ1) is 19.3. The molecule has 1 heterocycles. The maximum absolute atomic E-state index is 4.82. The number of hydrogen-bond acceptors (Lipinski definition) is 2. The third-order valence-electron chi connectivity index (χ3n) is 10.2. The number of hydrogen-bond donors (Lipinski definition) is 0. The van der Waals surface area contributed by atoms with Crippen molar-refractivity contribution in [1.29, 1.82) is 0 Å². The predicted molar refractivity (Wildman–Crippen MR) is 168 cm³/mol. The molecule has 2 aromatic rings. The smallest absolute Gasteiger partial charge is 0.159 e. The van der Waals surface area contributed by atoms with Gasteiger partial charge in [-0.15, -0.1) is 0 Å². The van der Waals surface area contributed by atoms with Gasteiger partial charge in [-0.2, -0.15) is 0 Å². The van der Waals surface area contributed by atoms with Crippen molar-refractivity contribution < 1.29 is 0 Å². The van der Waals surface area contributed by atoms with Crippen LogP contribution in [0.2, 0.25) is 0 Å². The van der Waals surface area contributed by atoms with Gasteiger partial charge in [-0.1, -0.05) is 122 Å². The molecule has 2 heteroatoms. The van der Waals surface area contributed by atoms with Crippen LogP contribution >= 0.6 is 0 Å². The van der Waals surface area contributed by atoms with Crippen molar-refractivity contribution in [3.05, 3.63) is 47.8 Å². The normalized spacial score (nSPS) is 23.6. The fraction of sp³-hybridized carbons (Fsp3) is 0.730. The van der Waals surface area contributed by atoms with E-state index in [9.17, 15) is 0 Å². The van der Waals surface area contributed by atoms with Gasteiger partial charge in [-0.25, -0.2) is 9.97 Å². The molecule has 0 spiro atoms. The highest BCUT2D eigenvalue weighted by atomic mass is 14.9. The van der Waals surface area contributed by atoms with E-state index >= 15 is 0 Å². The number of unbranched alkanes of at least 4 members (excludes halogenated alkanes) is 9. The second-order valence-electron chi connectivity index (χ2n) is 13.2. The van der Waals surface area contributed by atoms with Gasteiger partial charge in [-0.3, -0.25) is 0 Å². The molecule has 4 rings (SSSR count). The fourth-order valence-corrected chi connectivity index (χ4v) is 7.42. The Labute approximate surface area is 241 Å². The highest BCUT2D eigenvalue weighted by Gasteiger charge is 2.24. The standard InChI is InChI=1S/C37H58N2/c1-3-5-7-8-9-10-11-13-15-31-18-22-34(23-19-31)36-28-38-37(39-29-36)35-26-24-33(25-27-35)32-20-16-30(17-21-32)14-12-6-4-2/h24-32,34H,3-23H2,1-2H3. The maximum Gasteiger partial charge on any atom is 0.159 e. The van der Waals surface area contributed by atoms with Crippen LogP contribution in [0.5, 0.6) is 0 Å². The average molecular weight is 531 g/mol. The Morgan fingerprint density at radius 1 is 0.513 bits per heavy atom. The minimum absolute atomic E-state index is 0.661. The third-order valence-corrected chi connectivity index (χ3v) is 10.2. The summed E-state index contributed by atoms with van der Waals surface area (Å²) in [5, 5.41) is 0. The van der Waals surface area contributed by atoms with E-state index in [0.717, 1.165) is 29.1 Å².